The molecule has 0 amide bonds. The second-order valence-corrected chi connectivity index (χ2v) is 9.82. The van der Waals surface area contributed by atoms with E-state index >= 15 is 0 Å². The highest BCUT2D eigenvalue weighted by atomic mass is 19.4. The Kier molecular flexibility index (Phi) is 11.5. The Hall–Kier alpha value is -2.79. The number of rotatable bonds is 14. The van der Waals surface area contributed by atoms with Gasteiger partial charge in [-0.2, -0.15) is 13.2 Å². The summed E-state index contributed by atoms with van der Waals surface area (Å²) >= 11 is 0. The topological polar surface area (TPSA) is 60.4 Å². The molecule has 216 valence electrons. The maximum absolute atomic E-state index is 12.7. The predicted molar refractivity (Wildman–Crippen MR) is 144 cm³/mol. The fourth-order valence-electron chi connectivity index (χ4n) is 4.77. The third kappa shape index (κ3) is 9.69. The van der Waals surface area contributed by atoms with Crippen molar-refractivity contribution in [1.29, 1.82) is 0 Å². The Morgan fingerprint density at radius 2 is 1.20 bits per heavy atom. The zero-order valence-corrected chi connectivity index (χ0v) is 22.3. The number of hydrogen-bond donors (Lipinski definition) is 1. The third-order valence-corrected chi connectivity index (χ3v) is 6.73. The average molecular weight is 560 g/mol. The molecule has 1 fully saturated rings. The molecule has 0 radical (unpaired) electrons. The number of nitrogens with zero attached hydrogens (tertiary/aromatic N) is 1. The number of aliphatic hydroxyl groups is 1. The zero-order chi connectivity index (χ0) is 28.2. The maximum atomic E-state index is 12.7. The molecule has 4 rings (SSSR count). The van der Waals surface area contributed by atoms with Gasteiger partial charge in [0.15, 0.2) is 0 Å². The number of β-amino-alcohol motifs (C(OH)–C–C–N with tert-alkyl or cyclic N) is 1. The molecule has 4 atom stereocenters. The second-order valence-electron chi connectivity index (χ2n) is 9.82. The summed E-state index contributed by atoms with van der Waals surface area (Å²) < 4.78 is 61.6. The van der Waals surface area contributed by atoms with Crippen molar-refractivity contribution in [2.75, 3.05) is 32.9 Å². The molecule has 3 aromatic carbocycles. The van der Waals surface area contributed by atoms with Crippen LogP contribution >= 0.6 is 0 Å². The largest absolute Gasteiger partial charge is 0.411 e. The van der Waals surface area contributed by atoms with Crippen LogP contribution in [-0.4, -0.2) is 73.4 Å². The lowest BCUT2D eigenvalue weighted by Gasteiger charge is -2.47. The first-order valence-electron chi connectivity index (χ1n) is 13.4. The van der Waals surface area contributed by atoms with E-state index in [1.54, 1.807) is 0 Å². The lowest BCUT2D eigenvalue weighted by molar-refractivity contribution is -0.202. The lowest BCUT2D eigenvalue weighted by Crippen LogP contribution is -2.64. The van der Waals surface area contributed by atoms with Crippen LogP contribution in [0.3, 0.4) is 0 Å². The molecule has 0 bridgehead atoms. The van der Waals surface area contributed by atoms with Gasteiger partial charge in [0.1, 0.15) is 18.8 Å². The van der Waals surface area contributed by atoms with E-state index in [0.29, 0.717) is 6.61 Å². The number of piperidine rings is 1. The first kappa shape index (κ1) is 30.2. The van der Waals surface area contributed by atoms with Gasteiger partial charge in [0, 0.05) is 13.1 Å². The summed E-state index contributed by atoms with van der Waals surface area (Å²) in [5.74, 6) is 0. The molecule has 0 aromatic heterocycles. The van der Waals surface area contributed by atoms with Gasteiger partial charge in [-0.3, -0.25) is 4.90 Å². The monoisotopic (exact) mass is 559 g/mol. The Bertz CT molecular complexity index is 1100. The van der Waals surface area contributed by atoms with Crippen LogP contribution in [0, 0.1) is 0 Å². The van der Waals surface area contributed by atoms with Gasteiger partial charge in [-0.15, -0.1) is 0 Å². The van der Waals surface area contributed by atoms with E-state index in [9.17, 15) is 18.3 Å². The number of aliphatic hydroxyl groups excluding tert-OH is 1. The van der Waals surface area contributed by atoms with Crippen molar-refractivity contribution in [3.05, 3.63) is 108 Å². The fraction of sp³-hybridized carbons (Fsp3) is 0.419. The number of halogens is 3. The minimum absolute atomic E-state index is 0.150. The van der Waals surface area contributed by atoms with E-state index in [1.165, 1.54) is 0 Å². The zero-order valence-electron chi connectivity index (χ0n) is 22.3. The Morgan fingerprint density at radius 1 is 0.700 bits per heavy atom. The van der Waals surface area contributed by atoms with E-state index in [1.807, 2.05) is 95.9 Å². The molecule has 0 unspecified atom stereocenters. The van der Waals surface area contributed by atoms with Crippen LogP contribution in [0.25, 0.3) is 0 Å². The molecule has 0 spiro atoms. The summed E-state index contributed by atoms with van der Waals surface area (Å²) in [5.41, 5.74) is 2.90. The molecule has 6 nitrogen and oxygen atoms in total. The highest BCUT2D eigenvalue weighted by Gasteiger charge is 2.45. The quantitative estimate of drug-likeness (QED) is 0.281. The maximum Gasteiger partial charge on any atom is 0.411 e. The van der Waals surface area contributed by atoms with Gasteiger partial charge in [0.05, 0.1) is 45.2 Å². The van der Waals surface area contributed by atoms with E-state index in [2.05, 4.69) is 0 Å². The summed E-state index contributed by atoms with van der Waals surface area (Å²) in [6.07, 6.45) is -6.64. The molecule has 0 saturated carbocycles. The lowest BCUT2D eigenvalue weighted by atomic mass is 9.93. The molecular formula is C31H36F3NO5. The Balaban J connectivity index is 1.51. The van der Waals surface area contributed by atoms with Gasteiger partial charge in [-0.25, -0.2) is 0 Å². The molecule has 40 heavy (non-hydrogen) atoms. The highest BCUT2D eigenvalue weighted by molar-refractivity contribution is 5.15. The van der Waals surface area contributed by atoms with Crippen LogP contribution in [0.5, 0.6) is 0 Å². The van der Waals surface area contributed by atoms with Crippen LogP contribution in [0.1, 0.15) is 16.7 Å². The molecule has 1 heterocycles. The number of hydrogen-bond acceptors (Lipinski definition) is 6. The minimum Gasteiger partial charge on any atom is -0.389 e. The molecular weight excluding hydrogens is 523 g/mol. The van der Waals surface area contributed by atoms with E-state index in [0.717, 1.165) is 16.7 Å². The Labute approximate surface area is 233 Å². The SMILES string of the molecule is O[C@H]1CN(CCOCC(F)(F)F)[C@H](COCc2ccccc2)[C@@H](OCc2ccccc2)[C@@H]1OCc1ccccc1. The van der Waals surface area contributed by atoms with Crippen molar-refractivity contribution in [1.82, 2.24) is 4.90 Å². The summed E-state index contributed by atoms with van der Waals surface area (Å²) in [4.78, 5) is 1.88. The van der Waals surface area contributed by atoms with Crippen molar-refractivity contribution in [3.8, 4) is 0 Å². The van der Waals surface area contributed by atoms with Gasteiger partial charge < -0.3 is 24.1 Å². The van der Waals surface area contributed by atoms with Gasteiger partial charge in [0.2, 0.25) is 0 Å². The second kappa shape index (κ2) is 15.3. The van der Waals surface area contributed by atoms with Crippen LogP contribution in [-0.2, 0) is 38.8 Å². The average Bonchev–Trinajstić information content (AvgIpc) is 2.96. The summed E-state index contributed by atoms with van der Waals surface area (Å²) in [7, 11) is 0. The molecule has 9 heteroatoms. The van der Waals surface area contributed by atoms with Gasteiger partial charge >= 0.3 is 6.18 Å². The predicted octanol–water partition coefficient (Wildman–Crippen LogP) is 5.00. The van der Waals surface area contributed by atoms with Gasteiger partial charge in [-0.05, 0) is 16.7 Å². The fourth-order valence-corrected chi connectivity index (χ4v) is 4.77. The van der Waals surface area contributed by atoms with Crippen molar-refractivity contribution in [2.45, 2.75) is 50.4 Å². The summed E-state index contributed by atoms with van der Waals surface area (Å²) in [6, 6.07) is 28.6. The number of alkyl halides is 3. The molecule has 1 aliphatic rings. The van der Waals surface area contributed by atoms with Gasteiger partial charge in [0.25, 0.3) is 0 Å². The van der Waals surface area contributed by atoms with Crippen molar-refractivity contribution >= 4 is 0 Å². The number of likely N-dealkylation sites (tertiary alicyclic amines) is 1. The normalized spacial score (nSPS) is 21.9. The highest BCUT2D eigenvalue weighted by Crippen LogP contribution is 2.27. The molecule has 0 aliphatic carbocycles. The van der Waals surface area contributed by atoms with Crippen LogP contribution in [0.15, 0.2) is 91.0 Å². The van der Waals surface area contributed by atoms with Crippen LogP contribution in [0.2, 0.25) is 0 Å². The van der Waals surface area contributed by atoms with E-state index in [-0.39, 0.29) is 39.5 Å². The minimum atomic E-state index is -4.41. The molecule has 3 aromatic rings. The smallest absolute Gasteiger partial charge is 0.389 e. The number of benzene rings is 3. The first-order valence-corrected chi connectivity index (χ1v) is 13.4. The van der Waals surface area contributed by atoms with E-state index in [4.69, 9.17) is 18.9 Å². The number of ether oxygens (including phenoxy) is 4. The molecule has 1 aliphatic heterocycles. The summed E-state index contributed by atoms with van der Waals surface area (Å²) in [5, 5.41) is 11.2. The van der Waals surface area contributed by atoms with Crippen molar-refractivity contribution < 1.29 is 37.2 Å². The Morgan fingerprint density at radius 3 is 1.73 bits per heavy atom. The van der Waals surface area contributed by atoms with Crippen molar-refractivity contribution in [3.63, 3.8) is 0 Å². The first-order chi connectivity index (χ1) is 19.4. The van der Waals surface area contributed by atoms with Gasteiger partial charge in [-0.1, -0.05) is 91.0 Å². The van der Waals surface area contributed by atoms with Crippen LogP contribution in [0.4, 0.5) is 13.2 Å². The standard InChI is InChI=1S/C31H36F3NO5/c32-31(33,34)23-37-17-16-35-18-28(36)30(40-21-26-14-8-3-9-15-26)29(39-20-25-12-6-2-7-13-25)27(35)22-38-19-24-10-4-1-5-11-24/h1-15,27-30,36H,16-23H2/t27-,28+,29-,30-/m1/s1. The third-order valence-electron chi connectivity index (χ3n) is 6.73. The molecule has 1 N–H and O–H groups in total. The molecule has 1 saturated heterocycles. The van der Waals surface area contributed by atoms with E-state index < -0.39 is 37.1 Å². The summed E-state index contributed by atoms with van der Waals surface area (Å²) in [6.45, 7) is 0.0159. The van der Waals surface area contributed by atoms with Crippen molar-refractivity contribution in [2.24, 2.45) is 0 Å². The van der Waals surface area contributed by atoms with Crippen LogP contribution < -0.4 is 0 Å².